The van der Waals surface area contributed by atoms with Crippen LogP contribution in [-0.2, 0) is 6.42 Å². The zero-order valence-corrected chi connectivity index (χ0v) is 15.5. The molecule has 148 valence electrons. The summed E-state index contributed by atoms with van der Waals surface area (Å²) in [5.41, 5.74) is 13.3. The van der Waals surface area contributed by atoms with E-state index in [1.54, 1.807) is 18.3 Å². The standard InChI is InChI=1S/C17H16N8O4/c1-27-11-4-7(3-8-6-20-17(19)21-15(8)18)9-5-10(29-13(9)14(11)28-2)12(26)16-22-24-25-23-16/h4-6H,3H2,1-2H3,(H4,18,19,20,21)(H,22,23,24,25). The molecule has 0 saturated heterocycles. The van der Waals surface area contributed by atoms with Gasteiger partial charge in [0.2, 0.25) is 17.5 Å². The van der Waals surface area contributed by atoms with Crippen molar-refractivity contribution in [3.63, 3.8) is 0 Å². The Bertz CT molecular complexity index is 1200. The average Bonchev–Trinajstić information content (AvgIpc) is 3.39. The molecule has 0 aliphatic carbocycles. The predicted molar refractivity (Wildman–Crippen MR) is 101 cm³/mol. The number of furan rings is 1. The van der Waals surface area contributed by atoms with Crippen molar-refractivity contribution in [3.8, 4) is 11.5 Å². The molecule has 3 aromatic heterocycles. The number of tetrazole rings is 1. The molecule has 0 aliphatic rings. The number of nitrogens with one attached hydrogen (secondary N) is 1. The van der Waals surface area contributed by atoms with Gasteiger partial charge in [0.05, 0.1) is 14.2 Å². The number of nitrogens with two attached hydrogens (primary N) is 2. The maximum atomic E-state index is 12.6. The molecule has 12 heteroatoms. The molecule has 0 fully saturated rings. The van der Waals surface area contributed by atoms with E-state index in [9.17, 15) is 4.79 Å². The largest absolute Gasteiger partial charge is 0.493 e. The summed E-state index contributed by atoms with van der Waals surface area (Å²) in [4.78, 5) is 20.6. The lowest BCUT2D eigenvalue weighted by Crippen LogP contribution is -2.04. The van der Waals surface area contributed by atoms with Crippen LogP contribution in [-0.4, -0.2) is 50.6 Å². The summed E-state index contributed by atoms with van der Waals surface area (Å²) in [6.07, 6.45) is 1.89. The number of aromatic amines is 1. The second kappa shape index (κ2) is 7.07. The average molecular weight is 396 g/mol. The molecule has 0 saturated carbocycles. The van der Waals surface area contributed by atoms with Gasteiger partial charge in [-0.2, -0.15) is 10.2 Å². The number of benzene rings is 1. The highest BCUT2D eigenvalue weighted by molar-refractivity contribution is 6.07. The number of carbonyl (C=O) groups excluding carboxylic acids is 1. The second-order valence-electron chi connectivity index (χ2n) is 6.00. The SMILES string of the molecule is COc1cc(Cc2cnc(N)nc2N)c2cc(C(=O)c3nn[nH]n3)oc2c1OC. The number of fused-ring (bicyclic) bond motifs is 1. The van der Waals surface area contributed by atoms with Crippen molar-refractivity contribution in [1.82, 2.24) is 30.6 Å². The van der Waals surface area contributed by atoms with Crippen molar-refractivity contribution < 1.29 is 18.7 Å². The van der Waals surface area contributed by atoms with E-state index in [2.05, 4.69) is 30.6 Å². The molecular weight excluding hydrogens is 380 g/mol. The summed E-state index contributed by atoms with van der Waals surface area (Å²) in [5.74, 6) is 0.491. The van der Waals surface area contributed by atoms with Crippen LogP contribution in [0.5, 0.6) is 11.5 Å². The Balaban J connectivity index is 1.88. The van der Waals surface area contributed by atoms with E-state index in [0.717, 1.165) is 5.56 Å². The van der Waals surface area contributed by atoms with Gasteiger partial charge in [-0.05, 0) is 22.9 Å². The molecule has 4 rings (SSSR count). The molecule has 12 nitrogen and oxygen atoms in total. The van der Waals surface area contributed by atoms with Gasteiger partial charge < -0.3 is 25.4 Å². The van der Waals surface area contributed by atoms with Gasteiger partial charge in [-0.15, -0.1) is 10.2 Å². The van der Waals surface area contributed by atoms with Crippen LogP contribution in [0.15, 0.2) is 22.7 Å². The summed E-state index contributed by atoms with van der Waals surface area (Å²) < 4.78 is 16.6. The van der Waals surface area contributed by atoms with Crippen LogP contribution < -0.4 is 20.9 Å². The van der Waals surface area contributed by atoms with Crippen LogP contribution in [0, 0.1) is 0 Å². The van der Waals surface area contributed by atoms with Crippen molar-refractivity contribution >= 4 is 28.5 Å². The summed E-state index contributed by atoms with van der Waals surface area (Å²) in [6.45, 7) is 0. The normalized spacial score (nSPS) is 11.0. The van der Waals surface area contributed by atoms with Gasteiger partial charge in [-0.3, -0.25) is 4.79 Å². The van der Waals surface area contributed by atoms with E-state index in [-0.39, 0.29) is 23.4 Å². The van der Waals surface area contributed by atoms with Gasteiger partial charge in [-0.1, -0.05) is 0 Å². The molecule has 5 N–H and O–H groups in total. The number of rotatable bonds is 6. The molecule has 0 amide bonds. The quantitative estimate of drug-likeness (QED) is 0.391. The molecule has 0 radical (unpaired) electrons. The smallest absolute Gasteiger partial charge is 0.269 e. The molecule has 0 atom stereocenters. The monoisotopic (exact) mass is 396 g/mol. The Morgan fingerprint density at radius 1 is 1.21 bits per heavy atom. The van der Waals surface area contributed by atoms with Crippen molar-refractivity contribution in [3.05, 3.63) is 41.0 Å². The van der Waals surface area contributed by atoms with Gasteiger partial charge in [0, 0.05) is 23.6 Å². The van der Waals surface area contributed by atoms with Crippen molar-refractivity contribution in [2.75, 3.05) is 25.7 Å². The molecule has 29 heavy (non-hydrogen) atoms. The summed E-state index contributed by atoms with van der Waals surface area (Å²) in [5, 5.41) is 13.6. The fourth-order valence-electron chi connectivity index (χ4n) is 2.96. The Labute approximate surface area is 163 Å². The minimum Gasteiger partial charge on any atom is -0.493 e. The fraction of sp³-hybridized carbons (Fsp3) is 0.176. The zero-order chi connectivity index (χ0) is 20.5. The Morgan fingerprint density at radius 3 is 2.69 bits per heavy atom. The lowest BCUT2D eigenvalue weighted by atomic mass is 10.0. The van der Waals surface area contributed by atoms with Gasteiger partial charge in [0.15, 0.2) is 17.1 Å². The van der Waals surface area contributed by atoms with Crippen LogP contribution >= 0.6 is 0 Å². The van der Waals surface area contributed by atoms with E-state index in [1.165, 1.54) is 14.2 Å². The summed E-state index contributed by atoms with van der Waals surface area (Å²) in [6, 6.07) is 3.36. The molecule has 4 aromatic rings. The number of hydrogen-bond donors (Lipinski definition) is 3. The van der Waals surface area contributed by atoms with Crippen molar-refractivity contribution in [1.29, 1.82) is 0 Å². The number of nitrogen functional groups attached to an aromatic ring is 2. The lowest BCUT2D eigenvalue weighted by molar-refractivity contribution is 0.100. The molecule has 0 bridgehead atoms. The van der Waals surface area contributed by atoms with Gasteiger partial charge >= 0.3 is 0 Å². The number of ketones is 1. The first kappa shape index (κ1) is 18.2. The highest BCUT2D eigenvalue weighted by Gasteiger charge is 2.24. The van der Waals surface area contributed by atoms with Gasteiger partial charge in [0.1, 0.15) is 5.82 Å². The maximum Gasteiger partial charge on any atom is 0.269 e. The van der Waals surface area contributed by atoms with E-state index < -0.39 is 5.78 Å². The fourth-order valence-corrected chi connectivity index (χ4v) is 2.96. The molecular formula is C17H16N8O4. The number of ether oxygens (including phenoxy) is 2. The number of aromatic nitrogens is 6. The first-order chi connectivity index (χ1) is 14.0. The molecule has 0 unspecified atom stereocenters. The summed E-state index contributed by atoms with van der Waals surface area (Å²) >= 11 is 0. The second-order valence-corrected chi connectivity index (χ2v) is 6.00. The highest BCUT2D eigenvalue weighted by atomic mass is 16.5. The van der Waals surface area contributed by atoms with Crippen molar-refractivity contribution in [2.24, 2.45) is 0 Å². The van der Waals surface area contributed by atoms with Crippen LogP contribution in [0.25, 0.3) is 11.0 Å². The number of carbonyl (C=O) groups is 1. The molecule has 0 aliphatic heterocycles. The van der Waals surface area contributed by atoms with Crippen LogP contribution in [0.1, 0.15) is 27.5 Å². The highest BCUT2D eigenvalue weighted by Crippen LogP contribution is 2.40. The first-order valence-electron chi connectivity index (χ1n) is 8.34. The van der Waals surface area contributed by atoms with E-state index in [0.29, 0.717) is 34.5 Å². The van der Waals surface area contributed by atoms with Crippen LogP contribution in [0.4, 0.5) is 11.8 Å². The molecule has 1 aromatic carbocycles. The Hall–Kier alpha value is -4.22. The number of hydrogen-bond acceptors (Lipinski definition) is 11. The van der Waals surface area contributed by atoms with Crippen molar-refractivity contribution in [2.45, 2.75) is 6.42 Å². The molecule has 3 heterocycles. The maximum absolute atomic E-state index is 12.6. The minimum atomic E-state index is -0.530. The minimum absolute atomic E-state index is 0.0238. The predicted octanol–water partition coefficient (Wildman–Crippen LogP) is 0.739. The lowest BCUT2D eigenvalue weighted by Gasteiger charge is -2.12. The number of nitrogens with zero attached hydrogens (tertiary/aromatic N) is 5. The van der Waals surface area contributed by atoms with Gasteiger partial charge in [-0.25, -0.2) is 4.98 Å². The third-order valence-electron chi connectivity index (χ3n) is 4.31. The number of anilines is 2. The first-order valence-corrected chi connectivity index (χ1v) is 8.34. The Morgan fingerprint density at radius 2 is 2.03 bits per heavy atom. The van der Waals surface area contributed by atoms with E-state index >= 15 is 0 Å². The van der Waals surface area contributed by atoms with Gasteiger partial charge in [0.25, 0.3) is 5.78 Å². The third-order valence-corrected chi connectivity index (χ3v) is 4.31. The van der Waals surface area contributed by atoms with E-state index in [4.69, 9.17) is 25.4 Å². The number of H-pyrrole nitrogens is 1. The summed E-state index contributed by atoms with van der Waals surface area (Å²) in [7, 11) is 2.98. The van der Waals surface area contributed by atoms with E-state index in [1.807, 2.05) is 0 Å². The van der Waals surface area contributed by atoms with Crippen LogP contribution in [0.2, 0.25) is 0 Å². The number of methoxy groups -OCH3 is 2. The molecule has 0 spiro atoms. The third kappa shape index (κ3) is 3.16. The topological polar surface area (TPSA) is 181 Å². The van der Waals surface area contributed by atoms with Crippen LogP contribution in [0.3, 0.4) is 0 Å². The zero-order valence-electron chi connectivity index (χ0n) is 15.5. The Kier molecular flexibility index (Phi) is 4.43.